The zero-order valence-corrected chi connectivity index (χ0v) is 12.6. The van der Waals surface area contributed by atoms with E-state index in [1.165, 1.54) is 0 Å². The highest BCUT2D eigenvalue weighted by Gasteiger charge is 2.34. The van der Waals surface area contributed by atoms with Gasteiger partial charge in [-0.25, -0.2) is 0 Å². The first-order chi connectivity index (χ1) is 10.6. The maximum atomic E-state index is 9.50. The Morgan fingerprint density at radius 2 is 2.09 bits per heavy atom. The number of hydrogen-bond acceptors (Lipinski definition) is 4. The number of ether oxygens (including phenoxy) is 1. The maximum Gasteiger partial charge on any atom is 0.243 e. The summed E-state index contributed by atoms with van der Waals surface area (Å²) in [5, 5.41) is 16.8. The topological polar surface area (TPSA) is 87.7 Å². The smallest absolute Gasteiger partial charge is 0.243 e. The molecule has 0 unspecified atom stereocenters. The summed E-state index contributed by atoms with van der Waals surface area (Å²) in [5.74, 6) is 0.767. The molecule has 3 rings (SSSR count). The fourth-order valence-electron chi connectivity index (χ4n) is 2.86. The molecule has 2 aromatic rings. The van der Waals surface area contributed by atoms with E-state index in [0.29, 0.717) is 17.9 Å². The molecule has 0 amide bonds. The highest BCUT2D eigenvalue weighted by Crippen LogP contribution is 2.42. The Balaban J connectivity index is 2.09. The number of fused-ring (bicyclic) bond motifs is 1. The zero-order chi connectivity index (χ0) is 15.7. The molecule has 0 radical (unpaired) electrons. The van der Waals surface area contributed by atoms with Gasteiger partial charge >= 0.3 is 0 Å². The lowest BCUT2D eigenvalue weighted by molar-refractivity contribution is 0.373. The molecule has 0 saturated carbocycles. The summed E-state index contributed by atoms with van der Waals surface area (Å²) in [4.78, 5) is 0. The molecule has 1 aliphatic rings. The van der Waals surface area contributed by atoms with Crippen LogP contribution in [0.1, 0.15) is 42.5 Å². The normalized spacial score (nSPS) is 17.1. The summed E-state index contributed by atoms with van der Waals surface area (Å²) < 4.78 is 5.53. The van der Waals surface area contributed by atoms with E-state index < -0.39 is 0 Å². The molecule has 0 saturated heterocycles. The van der Waals surface area contributed by atoms with Crippen LogP contribution in [0.3, 0.4) is 0 Å². The van der Waals surface area contributed by atoms with Crippen molar-refractivity contribution in [2.75, 3.05) is 0 Å². The molecular weight excluding hydrogens is 276 g/mol. The minimum atomic E-state index is -0.132. The average molecular weight is 294 g/mol. The van der Waals surface area contributed by atoms with Gasteiger partial charge in [-0.2, -0.15) is 5.26 Å². The van der Waals surface area contributed by atoms with Gasteiger partial charge in [0, 0.05) is 17.2 Å². The molecular formula is C17H18N4O. The molecule has 2 heterocycles. The van der Waals surface area contributed by atoms with Crippen molar-refractivity contribution in [1.29, 1.82) is 5.26 Å². The lowest BCUT2D eigenvalue weighted by atomic mass is 9.83. The van der Waals surface area contributed by atoms with Crippen LogP contribution in [0.15, 0.2) is 41.8 Å². The van der Waals surface area contributed by atoms with Gasteiger partial charge in [0.1, 0.15) is 6.07 Å². The standard InChI is InChI=1S/C17H18N4O/c1-10(2)15-14-12(8-11-6-4-3-5-7-11)13(9-18)16(19)22-17(14)21-20-15/h3-7,10,12H,8,19H2,1-2H3,(H,20,21)/t12-/m1/s1. The fraction of sp³-hybridized carbons (Fsp3) is 0.294. The molecule has 0 spiro atoms. The van der Waals surface area contributed by atoms with E-state index in [9.17, 15) is 5.26 Å². The van der Waals surface area contributed by atoms with E-state index in [2.05, 4.69) is 42.2 Å². The van der Waals surface area contributed by atoms with E-state index in [0.717, 1.165) is 16.8 Å². The number of aromatic nitrogens is 2. The Bertz CT molecular complexity index is 753. The van der Waals surface area contributed by atoms with Crippen LogP contribution in [0, 0.1) is 11.3 Å². The number of H-pyrrole nitrogens is 1. The van der Waals surface area contributed by atoms with Gasteiger partial charge < -0.3 is 10.5 Å². The van der Waals surface area contributed by atoms with E-state index in [-0.39, 0.29) is 17.7 Å². The minimum Gasteiger partial charge on any atom is -0.420 e. The van der Waals surface area contributed by atoms with Crippen LogP contribution in [0.5, 0.6) is 5.88 Å². The van der Waals surface area contributed by atoms with E-state index >= 15 is 0 Å². The first-order valence-corrected chi connectivity index (χ1v) is 7.31. The summed E-state index contributed by atoms with van der Waals surface area (Å²) >= 11 is 0. The average Bonchev–Trinajstić information content (AvgIpc) is 2.92. The van der Waals surface area contributed by atoms with Crippen molar-refractivity contribution in [1.82, 2.24) is 10.2 Å². The number of nitrogens with one attached hydrogen (secondary N) is 1. The number of hydrogen-bond donors (Lipinski definition) is 2. The van der Waals surface area contributed by atoms with Crippen molar-refractivity contribution in [2.24, 2.45) is 5.73 Å². The highest BCUT2D eigenvalue weighted by atomic mass is 16.5. The molecule has 1 atom stereocenters. The molecule has 0 aliphatic carbocycles. The maximum absolute atomic E-state index is 9.50. The van der Waals surface area contributed by atoms with Gasteiger partial charge in [0.2, 0.25) is 11.8 Å². The van der Waals surface area contributed by atoms with Gasteiger partial charge in [-0.3, -0.25) is 5.10 Å². The molecule has 5 heteroatoms. The summed E-state index contributed by atoms with van der Waals surface area (Å²) in [6.45, 7) is 4.17. The molecule has 1 aliphatic heterocycles. The molecule has 1 aromatic heterocycles. The summed E-state index contributed by atoms with van der Waals surface area (Å²) in [6.07, 6.45) is 0.694. The van der Waals surface area contributed by atoms with Gasteiger partial charge in [-0.1, -0.05) is 44.2 Å². The third-order valence-corrected chi connectivity index (χ3v) is 3.95. The Morgan fingerprint density at radius 1 is 1.36 bits per heavy atom. The second-order valence-corrected chi connectivity index (χ2v) is 5.74. The molecule has 0 bridgehead atoms. The third-order valence-electron chi connectivity index (χ3n) is 3.95. The van der Waals surface area contributed by atoms with Crippen molar-refractivity contribution in [3.05, 3.63) is 58.6 Å². The van der Waals surface area contributed by atoms with Crippen molar-refractivity contribution in [3.8, 4) is 11.9 Å². The zero-order valence-electron chi connectivity index (χ0n) is 12.6. The van der Waals surface area contributed by atoms with Crippen LogP contribution in [0.2, 0.25) is 0 Å². The largest absolute Gasteiger partial charge is 0.420 e. The van der Waals surface area contributed by atoms with Crippen LogP contribution in [0.4, 0.5) is 0 Å². The summed E-state index contributed by atoms with van der Waals surface area (Å²) in [7, 11) is 0. The Labute approximate surface area is 129 Å². The monoisotopic (exact) mass is 294 g/mol. The van der Waals surface area contributed by atoms with E-state index in [4.69, 9.17) is 10.5 Å². The predicted octanol–water partition coefficient (Wildman–Crippen LogP) is 2.95. The van der Waals surface area contributed by atoms with Gasteiger partial charge in [0.05, 0.1) is 5.57 Å². The Hall–Kier alpha value is -2.74. The SMILES string of the molecule is CC(C)c1[nH]nc2c1[C@H](Cc1ccccc1)C(C#N)=C(N)O2. The van der Waals surface area contributed by atoms with Crippen LogP contribution in [0.25, 0.3) is 0 Å². The Morgan fingerprint density at radius 3 is 2.73 bits per heavy atom. The van der Waals surface area contributed by atoms with E-state index in [1.807, 2.05) is 18.2 Å². The van der Waals surface area contributed by atoms with Crippen molar-refractivity contribution < 1.29 is 4.74 Å². The van der Waals surface area contributed by atoms with Crippen LogP contribution in [-0.4, -0.2) is 10.2 Å². The van der Waals surface area contributed by atoms with Crippen molar-refractivity contribution >= 4 is 0 Å². The van der Waals surface area contributed by atoms with Crippen LogP contribution in [-0.2, 0) is 6.42 Å². The number of rotatable bonds is 3. The Kier molecular flexibility index (Phi) is 3.60. The molecule has 112 valence electrons. The van der Waals surface area contributed by atoms with Gasteiger partial charge in [-0.15, -0.1) is 5.10 Å². The van der Waals surface area contributed by atoms with Crippen LogP contribution >= 0.6 is 0 Å². The quantitative estimate of drug-likeness (QED) is 0.911. The number of aromatic amines is 1. The second kappa shape index (κ2) is 5.57. The van der Waals surface area contributed by atoms with Gasteiger partial charge in [-0.05, 0) is 17.9 Å². The fourth-order valence-corrected chi connectivity index (χ4v) is 2.86. The minimum absolute atomic E-state index is 0.132. The number of nitrogens with two attached hydrogens (primary N) is 1. The first-order valence-electron chi connectivity index (χ1n) is 7.31. The number of nitriles is 1. The number of allylic oxidation sites excluding steroid dienone is 1. The van der Waals surface area contributed by atoms with Crippen molar-refractivity contribution in [3.63, 3.8) is 0 Å². The first kappa shape index (κ1) is 14.2. The molecule has 22 heavy (non-hydrogen) atoms. The summed E-state index contributed by atoms with van der Waals surface area (Å²) in [5.41, 5.74) is 9.48. The second-order valence-electron chi connectivity index (χ2n) is 5.74. The molecule has 0 fully saturated rings. The number of nitrogens with zero attached hydrogens (tertiary/aromatic N) is 2. The number of benzene rings is 1. The predicted molar refractivity (Wildman–Crippen MR) is 83.0 cm³/mol. The van der Waals surface area contributed by atoms with Crippen LogP contribution < -0.4 is 10.5 Å². The molecule has 3 N–H and O–H groups in total. The lowest BCUT2D eigenvalue weighted by Crippen LogP contribution is -2.22. The van der Waals surface area contributed by atoms with Gasteiger partial charge in [0.25, 0.3) is 0 Å². The molecule has 5 nitrogen and oxygen atoms in total. The van der Waals surface area contributed by atoms with Gasteiger partial charge in [0.15, 0.2) is 0 Å². The lowest BCUT2D eigenvalue weighted by Gasteiger charge is -2.24. The molecule has 1 aromatic carbocycles. The van der Waals surface area contributed by atoms with Crippen molar-refractivity contribution in [2.45, 2.75) is 32.1 Å². The van der Waals surface area contributed by atoms with E-state index in [1.54, 1.807) is 0 Å². The highest BCUT2D eigenvalue weighted by molar-refractivity contribution is 5.50. The summed E-state index contributed by atoms with van der Waals surface area (Å²) in [6, 6.07) is 12.3. The third kappa shape index (κ3) is 2.33.